The minimum atomic E-state index is -3.93. The molecule has 0 aliphatic carbocycles. The summed E-state index contributed by atoms with van der Waals surface area (Å²) in [6.45, 7) is 1.10. The number of likely N-dealkylation sites (tertiary alicyclic amines) is 2. The Bertz CT molecular complexity index is 1490. The van der Waals surface area contributed by atoms with Gasteiger partial charge in [0.1, 0.15) is 10.3 Å². The number of hydrogen-bond donors (Lipinski definition) is 2. The van der Waals surface area contributed by atoms with Gasteiger partial charge in [0, 0.05) is 53.4 Å². The zero-order valence-electron chi connectivity index (χ0n) is 21.4. The number of amides is 3. The molecular formula is C26H28ClN5O5S3. The summed E-state index contributed by atoms with van der Waals surface area (Å²) in [6, 6.07) is 8.97. The zero-order chi connectivity index (χ0) is 28.3. The van der Waals surface area contributed by atoms with Crippen LogP contribution in [0.1, 0.15) is 36.0 Å². The number of nitrogens with one attached hydrogen (secondary N) is 2. The molecule has 212 valence electrons. The summed E-state index contributed by atoms with van der Waals surface area (Å²) < 4.78 is 29.5. The Balaban J connectivity index is 1.17. The van der Waals surface area contributed by atoms with Crippen LogP contribution in [-0.2, 0) is 19.6 Å². The summed E-state index contributed by atoms with van der Waals surface area (Å²) in [5, 5.41) is 2.88. The minimum absolute atomic E-state index is 0.113. The lowest BCUT2D eigenvalue weighted by Crippen LogP contribution is -2.55. The first-order valence-corrected chi connectivity index (χ1v) is 16.3. The van der Waals surface area contributed by atoms with Crippen molar-refractivity contribution in [2.45, 2.75) is 42.0 Å². The highest BCUT2D eigenvalue weighted by Crippen LogP contribution is 2.37. The maximum absolute atomic E-state index is 13.2. The second-order valence-corrected chi connectivity index (χ2v) is 14.4. The second kappa shape index (κ2) is 12.4. The molecular weight excluding hydrogens is 594 g/mol. The largest absolute Gasteiger partial charge is 0.350 e. The van der Waals surface area contributed by atoms with Crippen LogP contribution in [0.4, 0.5) is 0 Å². The van der Waals surface area contributed by atoms with Crippen LogP contribution in [0.2, 0.25) is 4.34 Å². The van der Waals surface area contributed by atoms with Gasteiger partial charge in [-0.15, -0.1) is 22.7 Å². The van der Waals surface area contributed by atoms with E-state index in [1.807, 2.05) is 6.07 Å². The number of rotatable bonds is 9. The molecule has 0 radical (unpaired) electrons. The van der Waals surface area contributed by atoms with E-state index in [1.54, 1.807) is 41.6 Å². The van der Waals surface area contributed by atoms with E-state index in [1.165, 1.54) is 22.3 Å². The number of pyridine rings is 1. The molecule has 3 aromatic rings. The Morgan fingerprint density at radius 2 is 1.73 bits per heavy atom. The molecule has 2 saturated heterocycles. The van der Waals surface area contributed by atoms with E-state index in [-0.39, 0.29) is 28.6 Å². The standard InChI is InChI=1S/C26H28ClN5O5S3/c27-22-7-5-20(38-22)21-6-8-24(39-21)40(36,37)30-19-4-2-13-31(26(19)35)16-23(33)32-14-1-3-18(32)15-29-25(34)17-9-11-28-12-10-17/h5-12,18-19,30H,1-4,13-16H2,(H,29,34)/t18-,19?/m0/s1. The van der Waals surface area contributed by atoms with Crippen molar-refractivity contribution in [3.8, 4) is 9.75 Å². The maximum atomic E-state index is 13.2. The molecule has 3 amide bonds. The van der Waals surface area contributed by atoms with Crippen LogP contribution in [0.3, 0.4) is 0 Å². The van der Waals surface area contributed by atoms with Gasteiger partial charge in [0.15, 0.2) is 0 Å². The molecule has 2 aliphatic heterocycles. The number of carbonyl (C=O) groups excluding carboxylic acids is 3. The number of aromatic nitrogens is 1. The lowest BCUT2D eigenvalue weighted by atomic mass is 10.1. The van der Waals surface area contributed by atoms with Gasteiger partial charge in [-0.05, 0) is 62.1 Å². The topological polar surface area (TPSA) is 129 Å². The molecule has 5 rings (SSSR count). The predicted molar refractivity (Wildman–Crippen MR) is 154 cm³/mol. The van der Waals surface area contributed by atoms with E-state index in [2.05, 4.69) is 15.0 Å². The zero-order valence-corrected chi connectivity index (χ0v) is 24.6. The van der Waals surface area contributed by atoms with Crippen LogP contribution < -0.4 is 10.0 Å². The summed E-state index contributed by atoms with van der Waals surface area (Å²) in [6.07, 6.45) is 5.57. The summed E-state index contributed by atoms with van der Waals surface area (Å²) in [4.78, 5) is 47.5. The van der Waals surface area contributed by atoms with Gasteiger partial charge in [-0.2, -0.15) is 4.72 Å². The van der Waals surface area contributed by atoms with Crippen molar-refractivity contribution < 1.29 is 22.8 Å². The first-order valence-electron chi connectivity index (χ1n) is 12.9. The fourth-order valence-electron chi connectivity index (χ4n) is 4.94. The number of thiophene rings is 2. The Labute approximate surface area is 245 Å². The highest BCUT2D eigenvalue weighted by Gasteiger charge is 2.36. The van der Waals surface area contributed by atoms with Gasteiger partial charge < -0.3 is 15.1 Å². The summed E-state index contributed by atoms with van der Waals surface area (Å²) >= 11 is 8.48. The first kappa shape index (κ1) is 28.7. The molecule has 10 nitrogen and oxygen atoms in total. The van der Waals surface area contributed by atoms with Crippen molar-refractivity contribution >= 4 is 62.0 Å². The third-order valence-corrected chi connectivity index (χ3v) is 11.4. The van der Waals surface area contributed by atoms with Crippen molar-refractivity contribution in [3.05, 3.63) is 58.7 Å². The molecule has 3 aromatic heterocycles. The van der Waals surface area contributed by atoms with Gasteiger partial charge in [0.2, 0.25) is 11.8 Å². The number of carbonyl (C=O) groups is 3. The van der Waals surface area contributed by atoms with Gasteiger partial charge in [-0.1, -0.05) is 11.6 Å². The second-order valence-electron chi connectivity index (χ2n) is 9.63. The molecule has 1 unspecified atom stereocenters. The lowest BCUT2D eigenvalue weighted by Gasteiger charge is -2.34. The molecule has 2 aliphatic rings. The molecule has 0 aromatic carbocycles. The molecule has 2 N–H and O–H groups in total. The third kappa shape index (κ3) is 6.55. The number of halogens is 1. The number of sulfonamides is 1. The van der Waals surface area contributed by atoms with Crippen LogP contribution in [0.5, 0.6) is 0 Å². The van der Waals surface area contributed by atoms with Crippen molar-refractivity contribution in [3.63, 3.8) is 0 Å². The average Bonchev–Trinajstić information content (AvgIpc) is 3.71. The smallest absolute Gasteiger partial charge is 0.251 e. The predicted octanol–water partition coefficient (Wildman–Crippen LogP) is 3.22. The fourth-order valence-corrected chi connectivity index (χ4v) is 8.62. The van der Waals surface area contributed by atoms with Gasteiger partial charge >= 0.3 is 0 Å². The van der Waals surface area contributed by atoms with Crippen molar-refractivity contribution in [2.24, 2.45) is 0 Å². The lowest BCUT2D eigenvalue weighted by molar-refractivity contribution is -0.143. The molecule has 14 heteroatoms. The van der Waals surface area contributed by atoms with E-state index in [9.17, 15) is 22.8 Å². The van der Waals surface area contributed by atoms with Crippen LogP contribution in [-0.4, -0.2) is 79.2 Å². The normalized spacial score (nSPS) is 19.7. The molecule has 40 heavy (non-hydrogen) atoms. The number of piperidine rings is 1. The number of hydrogen-bond acceptors (Lipinski definition) is 8. The van der Waals surface area contributed by atoms with Crippen molar-refractivity contribution in [1.82, 2.24) is 24.8 Å². The molecule has 0 saturated carbocycles. The quantitative estimate of drug-likeness (QED) is 0.378. The van der Waals surface area contributed by atoms with Crippen LogP contribution in [0.15, 0.2) is 53.0 Å². The highest BCUT2D eigenvalue weighted by atomic mass is 35.5. The minimum Gasteiger partial charge on any atom is -0.350 e. The molecule has 0 spiro atoms. The molecule has 2 fully saturated rings. The SMILES string of the molecule is O=C(NC[C@@H]1CCCN1C(=O)CN1CCCC(NS(=O)(=O)c2ccc(-c3ccc(Cl)s3)s2)C1=O)c1ccncc1. The van der Waals surface area contributed by atoms with E-state index >= 15 is 0 Å². The molecule has 0 bridgehead atoms. The Hall–Kier alpha value is -2.84. The first-order chi connectivity index (χ1) is 19.2. The van der Waals surface area contributed by atoms with Crippen molar-refractivity contribution in [1.29, 1.82) is 0 Å². The van der Waals surface area contributed by atoms with Gasteiger partial charge in [0.25, 0.3) is 15.9 Å². The highest BCUT2D eigenvalue weighted by molar-refractivity contribution is 7.91. The van der Waals surface area contributed by atoms with E-state index in [0.29, 0.717) is 42.4 Å². The van der Waals surface area contributed by atoms with Crippen LogP contribution in [0.25, 0.3) is 9.75 Å². The van der Waals surface area contributed by atoms with Gasteiger partial charge in [-0.3, -0.25) is 19.4 Å². The summed E-state index contributed by atoms with van der Waals surface area (Å²) in [5.41, 5.74) is 0.493. The van der Waals surface area contributed by atoms with Gasteiger partial charge in [-0.25, -0.2) is 8.42 Å². The van der Waals surface area contributed by atoms with Crippen molar-refractivity contribution in [2.75, 3.05) is 26.2 Å². The molecule has 2 atom stereocenters. The Morgan fingerprint density at radius 3 is 2.48 bits per heavy atom. The van der Waals surface area contributed by atoms with Crippen LogP contribution in [0, 0.1) is 0 Å². The van der Waals surface area contributed by atoms with Gasteiger partial charge in [0.05, 0.1) is 10.9 Å². The maximum Gasteiger partial charge on any atom is 0.251 e. The monoisotopic (exact) mass is 621 g/mol. The average molecular weight is 622 g/mol. The van der Waals surface area contributed by atoms with E-state index in [4.69, 9.17) is 11.6 Å². The Morgan fingerprint density at radius 1 is 1.00 bits per heavy atom. The number of nitrogens with zero attached hydrogens (tertiary/aromatic N) is 3. The summed E-state index contributed by atoms with van der Waals surface area (Å²) in [7, 11) is -3.93. The fraction of sp³-hybridized carbons (Fsp3) is 0.385. The third-order valence-electron chi connectivity index (χ3n) is 6.95. The van der Waals surface area contributed by atoms with E-state index < -0.39 is 22.0 Å². The molecule has 5 heterocycles. The van der Waals surface area contributed by atoms with E-state index in [0.717, 1.165) is 33.9 Å². The Kier molecular flexibility index (Phi) is 8.86. The summed E-state index contributed by atoms with van der Waals surface area (Å²) in [5.74, 6) is -0.859. The van der Waals surface area contributed by atoms with Crippen LogP contribution >= 0.6 is 34.3 Å².